The van der Waals surface area contributed by atoms with Gasteiger partial charge >= 0.3 is 0 Å². The summed E-state index contributed by atoms with van der Waals surface area (Å²) in [5.41, 5.74) is -0.0883. The van der Waals surface area contributed by atoms with Crippen molar-refractivity contribution in [1.29, 1.82) is 0 Å². The molecule has 2 aliphatic heterocycles. The van der Waals surface area contributed by atoms with E-state index < -0.39 is 0 Å². The van der Waals surface area contributed by atoms with Gasteiger partial charge in [0.15, 0.2) is 5.78 Å². The van der Waals surface area contributed by atoms with Gasteiger partial charge in [0, 0.05) is 13.5 Å². The Balaban J connectivity index is 1.92. The van der Waals surface area contributed by atoms with Crippen molar-refractivity contribution in [3.63, 3.8) is 0 Å². The van der Waals surface area contributed by atoms with Crippen LogP contribution in [0.1, 0.15) is 38.5 Å². The number of Topliss-reactive ketones (excluding diaryl/α,β-unsaturated/α-hetero) is 1. The van der Waals surface area contributed by atoms with E-state index in [1.165, 1.54) is 19.3 Å². The van der Waals surface area contributed by atoms with Gasteiger partial charge in [-0.2, -0.15) is 0 Å². The summed E-state index contributed by atoms with van der Waals surface area (Å²) < 4.78 is 11.5. The van der Waals surface area contributed by atoms with Gasteiger partial charge < -0.3 is 9.47 Å². The number of rotatable bonds is 1. The highest BCUT2D eigenvalue weighted by Crippen LogP contribution is 2.51. The molecule has 1 saturated carbocycles. The zero-order chi connectivity index (χ0) is 10.5. The molecule has 15 heavy (non-hydrogen) atoms. The fourth-order valence-electron chi connectivity index (χ4n) is 3.71. The van der Waals surface area contributed by atoms with Crippen molar-refractivity contribution in [3.8, 4) is 0 Å². The molecule has 3 nitrogen and oxygen atoms in total. The average molecular weight is 210 g/mol. The Hall–Kier alpha value is -0.410. The molecule has 0 radical (unpaired) electrons. The fraction of sp³-hybridized carbons (Fsp3) is 0.917. The number of hydrogen-bond donors (Lipinski definition) is 0. The Labute approximate surface area is 90.1 Å². The van der Waals surface area contributed by atoms with Crippen LogP contribution in [-0.2, 0) is 14.3 Å². The van der Waals surface area contributed by atoms with Crippen LogP contribution in [0.3, 0.4) is 0 Å². The number of fused-ring (bicyclic) bond motifs is 1. The number of ketones is 1. The molecular formula is C12H18O3. The van der Waals surface area contributed by atoms with Crippen LogP contribution in [-0.4, -0.2) is 30.7 Å². The molecule has 2 saturated heterocycles. The first-order chi connectivity index (χ1) is 7.25. The number of hydrogen-bond acceptors (Lipinski definition) is 3. The first-order valence-electron chi connectivity index (χ1n) is 5.98. The van der Waals surface area contributed by atoms with E-state index in [4.69, 9.17) is 9.47 Å². The van der Waals surface area contributed by atoms with Crippen molar-refractivity contribution >= 4 is 5.78 Å². The maximum Gasteiger partial charge on any atom is 0.167 e. The summed E-state index contributed by atoms with van der Waals surface area (Å²) in [4.78, 5) is 11.9. The first-order valence-corrected chi connectivity index (χ1v) is 5.98. The zero-order valence-electron chi connectivity index (χ0n) is 9.20. The minimum Gasteiger partial charge on any atom is -0.378 e. The molecule has 0 aromatic rings. The van der Waals surface area contributed by atoms with Crippen LogP contribution in [0.15, 0.2) is 0 Å². The lowest BCUT2D eigenvalue weighted by molar-refractivity contribution is -0.133. The van der Waals surface area contributed by atoms with Crippen LogP contribution < -0.4 is 0 Å². The standard InChI is InChI=1S/C12H18O3/c1-14-10-5-4-8-3-2-6-12(8)7-9(13)11(10)15-12/h8,10-11H,2-7H2,1H3/t8-,10+,11-,12+/m1/s1. The molecule has 0 amide bonds. The summed E-state index contributed by atoms with van der Waals surface area (Å²) in [6, 6.07) is 0. The maximum absolute atomic E-state index is 11.9. The second-order valence-electron chi connectivity index (χ2n) is 5.19. The van der Waals surface area contributed by atoms with Crippen LogP contribution >= 0.6 is 0 Å². The number of carbonyl (C=O) groups is 1. The Kier molecular flexibility index (Phi) is 2.15. The number of ether oxygens (including phenoxy) is 2. The van der Waals surface area contributed by atoms with Crippen LogP contribution in [0.25, 0.3) is 0 Å². The van der Waals surface area contributed by atoms with E-state index in [0.717, 1.165) is 12.8 Å². The van der Waals surface area contributed by atoms with Crippen molar-refractivity contribution in [2.75, 3.05) is 7.11 Å². The predicted octanol–water partition coefficient (Wildman–Crippen LogP) is 1.69. The molecular weight excluding hydrogens is 192 g/mol. The van der Waals surface area contributed by atoms with Gasteiger partial charge in [-0.25, -0.2) is 0 Å². The molecule has 3 fully saturated rings. The lowest BCUT2D eigenvalue weighted by Gasteiger charge is -2.28. The van der Waals surface area contributed by atoms with E-state index in [1.807, 2.05) is 0 Å². The van der Waals surface area contributed by atoms with Crippen molar-refractivity contribution in [3.05, 3.63) is 0 Å². The molecule has 4 atom stereocenters. The van der Waals surface area contributed by atoms with Gasteiger partial charge in [0.1, 0.15) is 6.10 Å². The highest BCUT2D eigenvalue weighted by Gasteiger charge is 2.56. The molecule has 1 spiro atoms. The molecule has 0 unspecified atom stereocenters. The third kappa shape index (κ3) is 1.29. The van der Waals surface area contributed by atoms with E-state index in [-0.39, 0.29) is 23.6 Å². The summed E-state index contributed by atoms with van der Waals surface area (Å²) in [5.74, 6) is 0.875. The van der Waals surface area contributed by atoms with Crippen molar-refractivity contribution < 1.29 is 14.3 Å². The molecule has 0 N–H and O–H groups in total. The molecule has 3 heteroatoms. The zero-order valence-corrected chi connectivity index (χ0v) is 9.20. The van der Waals surface area contributed by atoms with Crippen molar-refractivity contribution in [2.24, 2.45) is 5.92 Å². The van der Waals surface area contributed by atoms with Gasteiger partial charge in [-0.15, -0.1) is 0 Å². The maximum atomic E-state index is 11.9. The minimum absolute atomic E-state index is 0.00229. The monoisotopic (exact) mass is 210 g/mol. The molecule has 0 aromatic heterocycles. The predicted molar refractivity (Wildman–Crippen MR) is 54.6 cm³/mol. The van der Waals surface area contributed by atoms with Crippen molar-refractivity contribution in [2.45, 2.75) is 56.3 Å². The third-order valence-electron chi connectivity index (χ3n) is 4.49. The van der Waals surface area contributed by atoms with Gasteiger partial charge in [-0.05, 0) is 31.6 Å². The van der Waals surface area contributed by atoms with E-state index >= 15 is 0 Å². The SMILES string of the molecule is CO[C@H]1CC[C@H]2CCC[C@]23CC(=O)[C@H]1O3. The molecule has 0 aromatic carbocycles. The fourth-order valence-corrected chi connectivity index (χ4v) is 3.71. The smallest absolute Gasteiger partial charge is 0.167 e. The summed E-state index contributed by atoms with van der Waals surface area (Å²) in [7, 11) is 1.69. The van der Waals surface area contributed by atoms with Crippen LogP contribution in [0.4, 0.5) is 0 Å². The van der Waals surface area contributed by atoms with E-state index in [1.54, 1.807) is 7.11 Å². The van der Waals surface area contributed by atoms with E-state index in [2.05, 4.69) is 0 Å². The largest absolute Gasteiger partial charge is 0.378 e. The average Bonchev–Trinajstić information content (AvgIpc) is 2.70. The van der Waals surface area contributed by atoms with Crippen molar-refractivity contribution in [1.82, 2.24) is 0 Å². The minimum atomic E-state index is -0.266. The number of methoxy groups -OCH3 is 1. The summed E-state index contributed by atoms with van der Waals surface area (Å²) in [6.07, 6.45) is 6.07. The van der Waals surface area contributed by atoms with Gasteiger partial charge in [0.2, 0.25) is 0 Å². The Bertz CT molecular complexity index is 289. The lowest BCUT2D eigenvalue weighted by Crippen LogP contribution is -2.33. The lowest BCUT2D eigenvalue weighted by atomic mass is 9.82. The molecule has 2 heterocycles. The molecule has 3 rings (SSSR count). The Morgan fingerprint density at radius 1 is 1.40 bits per heavy atom. The third-order valence-corrected chi connectivity index (χ3v) is 4.49. The summed E-state index contributed by atoms with van der Waals surface area (Å²) in [6.45, 7) is 0. The molecule has 84 valence electrons. The van der Waals surface area contributed by atoms with E-state index in [9.17, 15) is 4.79 Å². The van der Waals surface area contributed by atoms with Crippen LogP contribution in [0.5, 0.6) is 0 Å². The second kappa shape index (κ2) is 3.29. The summed E-state index contributed by atoms with van der Waals surface area (Å²) in [5, 5.41) is 0. The topological polar surface area (TPSA) is 35.5 Å². The molecule has 3 aliphatic rings. The van der Waals surface area contributed by atoms with Gasteiger partial charge in [0.25, 0.3) is 0 Å². The van der Waals surface area contributed by atoms with Gasteiger partial charge in [-0.1, -0.05) is 6.42 Å². The second-order valence-corrected chi connectivity index (χ2v) is 5.19. The summed E-state index contributed by atoms with van der Waals surface area (Å²) >= 11 is 0. The van der Waals surface area contributed by atoms with Gasteiger partial charge in [-0.3, -0.25) is 4.79 Å². The quantitative estimate of drug-likeness (QED) is 0.660. The highest BCUT2D eigenvalue weighted by atomic mass is 16.6. The van der Waals surface area contributed by atoms with E-state index in [0.29, 0.717) is 12.3 Å². The van der Waals surface area contributed by atoms with Gasteiger partial charge in [0.05, 0.1) is 11.7 Å². The normalized spacial score (nSPS) is 49.1. The first kappa shape index (κ1) is 9.79. The number of carbonyl (C=O) groups excluding carboxylic acids is 1. The highest BCUT2D eigenvalue weighted by molar-refractivity contribution is 5.87. The van der Waals surface area contributed by atoms with Crippen LogP contribution in [0, 0.1) is 5.92 Å². The Morgan fingerprint density at radius 3 is 3.07 bits per heavy atom. The Morgan fingerprint density at radius 2 is 2.27 bits per heavy atom. The van der Waals surface area contributed by atoms with Crippen LogP contribution in [0.2, 0.25) is 0 Å². The molecule has 2 bridgehead atoms. The molecule has 1 aliphatic carbocycles.